The first-order valence-electron chi connectivity index (χ1n) is 5.58. The number of benzene rings is 1. The summed E-state index contributed by atoms with van der Waals surface area (Å²) in [7, 11) is 1.65. The molecule has 1 unspecified atom stereocenters. The van der Waals surface area contributed by atoms with Gasteiger partial charge in [-0.3, -0.25) is 4.79 Å². The van der Waals surface area contributed by atoms with Gasteiger partial charge in [-0.1, -0.05) is 12.2 Å². The summed E-state index contributed by atoms with van der Waals surface area (Å²) in [6.45, 7) is 1.98. The normalized spacial score (nSPS) is 19.1. The number of rotatable bonds is 3. The van der Waals surface area contributed by atoms with Crippen molar-refractivity contribution in [3.8, 4) is 5.75 Å². The van der Waals surface area contributed by atoms with Gasteiger partial charge >= 0.3 is 0 Å². The molecule has 1 aliphatic carbocycles. The van der Waals surface area contributed by atoms with Crippen LogP contribution in [0.15, 0.2) is 30.4 Å². The topological polar surface area (TPSA) is 26.3 Å². The fourth-order valence-corrected chi connectivity index (χ4v) is 2.18. The van der Waals surface area contributed by atoms with E-state index in [-0.39, 0.29) is 11.7 Å². The van der Waals surface area contributed by atoms with Crippen LogP contribution in [0, 0.1) is 5.92 Å². The Morgan fingerprint density at radius 2 is 2.31 bits per heavy atom. The minimum atomic E-state index is 0.123. The third-order valence-electron chi connectivity index (χ3n) is 3.07. The zero-order valence-electron chi connectivity index (χ0n) is 9.69. The van der Waals surface area contributed by atoms with Crippen molar-refractivity contribution in [3.05, 3.63) is 41.5 Å². The number of hydrogen-bond acceptors (Lipinski definition) is 2. The number of carbonyl (C=O) groups is 1. The maximum atomic E-state index is 12.0. The Bertz CT molecular complexity index is 432. The minimum Gasteiger partial charge on any atom is -0.497 e. The average molecular weight is 216 g/mol. The summed E-state index contributed by atoms with van der Waals surface area (Å²) in [4.78, 5) is 12.0. The van der Waals surface area contributed by atoms with Gasteiger partial charge in [0.2, 0.25) is 0 Å². The van der Waals surface area contributed by atoms with Crippen LogP contribution in [0.4, 0.5) is 0 Å². The quantitative estimate of drug-likeness (QED) is 0.726. The molecule has 16 heavy (non-hydrogen) atoms. The summed E-state index contributed by atoms with van der Waals surface area (Å²) in [6.07, 6.45) is 5.74. The molecule has 0 amide bonds. The molecule has 1 aliphatic rings. The van der Waals surface area contributed by atoms with Crippen molar-refractivity contribution in [2.45, 2.75) is 19.8 Å². The number of carbonyl (C=O) groups excluding carboxylic acids is 1. The van der Waals surface area contributed by atoms with E-state index >= 15 is 0 Å². The van der Waals surface area contributed by atoms with Crippen LogP contribution in [0.2, 0.25) is 0 Å². The van der Waals surface area contributed by atoms with Gasteiger partial charge in [-0.2, -0.15) is 0 Å². The molecule has 1 atom stereocenters. The number of fused-ring (bicyclic) bond motifs is 1. The standard InChI is InChI=1S/C14H16O2/c1-3-4-5-10-8-11-9-12(16-2)6-7-13(11)14(10)15/h3-4,6-7,9-10H,5,8H2,1-2H3/b4-3+. The molecule has 84 valence electrons. The highest BCUT2D eigenvalue weighted by atomic mass is 16.5. The molecule has 0 saturated heterocycles. The van der Waals surface area contributed by atoms with E-state index in [1.54, 1.807) is 7.11 Å². The smallest absolute Gasteiger partial charge is 0.166 e. The van der Waals surface area contributed by atoms with Gasteiger partial charge in [0, 0.05) is 11.5 Å². The van der Waals surface area contributed by atoms with Crippen LogP contribution in [-0.4, -0.2) is 12.9 Å². The summed E-state index contributed by atoms with van der Waals surface area (Å²) in [5.41, 5.74) is 1.99. The Morgan fingerprint density at radius 3 is 3.00 bits per heavy atom. The second-order valence-corrected chi connectivity index (χ2v) is 4.09. The van der Waals surface area contributed by atoms with E-state index in [0.29, 0.717) is 0 Å². The number of Topliss-reactive ketones (excluding diaryl/α,β-unsaturated/α-hetero) is 1. The molecule has 0 heterocycles. The van der Waals surface area contributed by atoms with Crippen LogP contribution in [0.1, 0.15) is 29.3 Å². The molecule has 2 nitrogen and oxygen atoms in total. The maximum Gasteiger partial charge on any atom is 0.166 e. The predicted molar refractivity (Wildman–Crippen MR) is 63.9 cm³/mol. The van der Waals surface area contributed by atoms with Crippen molar-refractivity contribution in [1.29, 1.82) is 0 Å². The zero-order valence-corrected chi connectivity index (χ0v) is 9.69. The average Bonchev–Trinajstić information content (AvgIpc) is 2.63. The highest BCUT2D eigenvalue weighted by molar-refractivity contribution is 6.02. The van der Waals surface area contributed by atoms with Crippen LogP contribution in [-0.2, 0) is 6.42 Å². The Balaban J connectivity index is 2.23. The number of hydrogen-bond donors (Lipinski definition) is 0. The van der Waals surface area contributed by atoms with E-state index in [2.05, 4.69) is 6.08 Å². The van der Waals surface area contributed by atoms with Crippen LogP contribution < -0.4 is 4.74 Å². The second kappa shape index (κ2) is 4.52. The number of allylic oxidation sites excluding steroid dienone is 2. The first kappa shape index (κ1) is 10.9. The Morgan fingerprint density at radius 1 is 1.50 bits per heavy atom. The van der Waals surface area contributed by atoms with E-state index in [9.17, 15) is 4.79 Å². The van der Waals surface area contributed by atoms with Gasteiger partial charge in [0.25, 0.3) is 0 Å². The van der Waals surface area contributed by atoms with Crippen LogP contribution in [0.25, 0.3) is 0 Å². The lowest BCUT2D eigenvalue weighted by Gasteiger charge is -2.01. The molecule has 0 saturated carbocycles. The van der Waals surface area contributed by atoms with Gasteiger partial charge in [0.05, 0.1) is 7.11 Å². The molecule has 0 N–H and O–H groups in total. The van der Waals surface area contributed by atoms with Gasteiger partial charge < -0.3 is 4.74 Å². The Kier molecular flexibility index (Phi) is 3.09. The van der Waals surface area contributed by atoms with Crippen molar-refractivity contribution >= 4 is 5.78 Å². The van der Waals surface area contributed by atoms with Crippen molar-refractivity contribution < 1.29 is 9.53 Å². The second-order valence-electron chi connectivity index (χ2n) is 4.09. The molecule has 0 aliphatic heterocycles. The number of methoxy groups -OCH3 is 1. The number of ether oxygens (including phenoxy) is 1. The molecule has 1 aromatic carbocycles. The SMILES string of the molecule is C/C=C/CC1Cc2cc(OC)ccc2C1=O. The molecule has 0 spiro atoms. The molecule has 0 radical (unpaired) electrons. The lowest BCUT2D eigenvalue weighted by molar-refractivity contribution is 0.0938. The largest absolute Gasteiger partial charge is 0.497 e. The van der Waals surface area contributed by atoms with Crippen molar-refractivity contribution in [1.82, 2.24) is 0 Å². The van der Waals surface area contributed by atoms with E-state index in [1.165, 1.54) is 0 Å². The highest BCUT2D eigenvalue weighted by Gasteiger charge is 2.29. The lowest BCUT2D eigenvalue weighted by Crippen LogP contribution is -2.07. The molecular weight excluding hydrogens is 200 g/mol. The van der Waals surface area contributed by atoms with E-state index in [4.69, 9.17) is 4.74 Å². The predicted octanol–water partition coefficient (Wildman–Crippen LogP) is 3.02. The summed E-state index contributed by atoms with van der Waals surface area (Å²) in [5, 5.41) is 0. The van der Waals surface area contributed by atoms with Gasteiger partial charge in [-0.05, 0) is 43.5 Å². The molecule has 0 aromatic heterocycles. The zero-order chi connectivity index (χ0) is 11.5. The van der Waals surface area contributed by atoms with Crippen molar-refractivity contribution in [3.63, 3.8) is 0 Å². The first-order valence-corrected chi connectivity index (χ1v) is 5.58. The Hall–Kier alpha value is -1.57. The fraction of sp³-hybridized carbons (Fsp3) is 0.357. The van der Waals surface area contributed by atoms with Crippen LogP contribution >= 0.6 is 0 Å². The summed E-state index contributed by atoms with van der Waals surface area (Å²) >= 11 is 0. The third kappa shape index (κ3) is 1.87. The molecule has 0 fully saturated rings. The number of ketones is 1. The van der Waals surface area contributed by atoms with E-state index in [1.807, 2.05) is 31.2 Å². The third-order valence-corrected chi connectivity index (χ3v) is 3.07. The maximum absolute atomic E-state index is 12.0. The van der Waals surface area contributed by atoms with Gasteiger partial charge in [0.1, 0.15) is 5.75 Å². The molecule has 2 heteroatoms. The lowest BCUT2D eigenvalue weighted by atomic mass is 10.0. The summed E-state index contributed by atoms with van der Waals surface area (Å²) < 4.78 is 5.17. The van der Waals surface area contributed by atoms with Gasteiger partial charge in [-0.15, -0.1) is 0 Å². The molecular formula is C14H16O2. The van der Waals surface area contributed by atoms with Gasteiger partial charge in [-0.25, -0.2) is 0 Å². The van der Waals surface area contributed by atoms with Gasteiger partial charge in [0.15, 0.2) is 5.78 Å². The molecule has 0 bridgehead atoms. The van der Waals surface area contributed by atoms with E-state index < -0.39 is 0 Å². The fourth-order valence-electron chi connectivity index (χ4n) is 2.18. The molecule has 1 aromatic rings. The van der Waals surface area contributed by atoms with Crippen molar-refractivity contribution in [2.24, 2.45) is 5.92 Å². The monoisotopic (exact) mass is 216 g/mol. The van der Waals surface area contributed by atoms with Crippen LogP contribution in [0.3, 0.4) is 0 Å². The van der Waals surface area contributed by atoms with Crippen LogP contribution in [0.5, 0.6) is 5.75 Å². The van der Waals surface area contributed by atoms with Crippen molar-refractivity contribution in [2.75, 3.05) is 7.11 Å². The summed E-state index contributed by atoms with van der Waals surface area (Å²) in [5.74, 6) is 1.23. The Labute approximate surface area is 95.9 Å². The minimum absolute atomic E-state index is 0.123. The van der Waals surface area contributed by atoms with E-state index in [0.717, 1.165) is 29.7 Å². The highest BCUT2D eigenvalue weighted by Crippen LogP contribution is 2.31. The first-order chi connectivity index (χ1) is 7.76. The summed E-state index contributed by atoms with van der Waals surface area (Å²) in [6, 6.07) is 5.71. The molecule has 2 rings (SSSR count).